The molecule has 0 aromatic heterocycles. The molecule has 0 atom stereocenters. The molecule has 1 saturated heterocycles. The molecule has 0 aliphatic carbocycles. The molecule has 1 aliphatic heterocycles. The van der Waals surface area contributed by atoms with E-state index in [1.807, 2.05) is 0 Å². The maximum absolute atomic E-state index is 12.6. The normalized spacial score (nSPS) is 18.8. The summed E-state index contributed by atoms with van der Waals surface area (Å²) in [5.41, 5.74) is -0.612. The fraction of sp³-hybridized carbons (Fsp3) is 0.933. The van der Waals surface area contributed by atoms with Crippen molar-refractivity contribution in [1.29, 1.82) is 0 Å². The van der Waals surface area contributed by atoms with Gasteiger partial charge in [-0.15, -0.1) is 0 Å². The Kier molecular flexibility index (Phi) is 6.92. The second kappa shape index (κ2) is 7.96. The average Bonchev–Trinajstić information content (AvgIpc) is 2.50. The SMILES string of the molecule is CCC(CC)(CO)CNC(=O)C1(COC)CCNCC1. The van der Waals surface area contributed by atoms with Crippen LogP contribution in [0.4, 0.5) is 0 Å². The van der Waals surface area contributed by atoms with Gasteiger partial charge in [-0.1, -0.05) is 13.8 Å². The third kappa shape index (κ3) is 3.93. The van der Waals surface area contributed by atoms with Crippen molar-refractivity contribution < 1.29 is 14.6 Å². The van der Waals surface area contributed by atoms with Crippen LogP contribution in [0.5, 0.6) is 0 Å². The highest BCUT2D eigenvalue weighted by Gasteiger charge is 2.40. The Bertz CT molecular complexity index is 284. The van der Waals surface area contributed by atoms with Crippen LogP contribution in [0, 0.1) is 10.8 Å². The van der Waals surface area contributed by atoms with Gasteiger partial charge in [-0.25, -0.2) is 0 Å². The van der Waals surface area contributed by atoms with Gasteiger partial charge in [-0.3, -0.25) is 4.79 Å². The van der Waals surface area contributed by atoms with Crippen LogP contribution >= 0.6 is 0 Å². The van der Waals surface area contributed by atoms with E-state index < -0.39 is 5.41 Å². The largest absolute Gasteiger partial charge is 0.396 e. The van der Waals surface area contributed by atoms with E-state index in [4.69, 9.17) is 4.74 Å². The Hall–Kier alpha value is -0.650. The van der Waals surface area contributed by atoms with Gasteiger partial charge in [0.2, 0.25) is 5.91 Å². The van der Waals surface area contributed by atoms with Crippen LogP contribution in [0.1, 0.15) is 39.5 Å². The first-order valence-electron chi connectivity index (χ1n) is 7.67. The summed E-state index contributed by atoms with van der Waals surface area (Å²) < 4.78 is 5.28. The summed E-state index contributed by atoms with van der Waals surface area (Å²) in [5.74, 6) is 0.0700. The van der Waals surface area contributed by atoms with Gasteiger partial charge in [-0.05, 0) is 38.8 Å². The minimum absolute atomic E-state index is 0.0700. The number of ether oxygens (including phenoxy) is 1. The van der Waals surface area contributed by atoms with Gasteiger partial charge in [0.1, 0.15) is 0 Å². The molecular formula is C15H30N2O3. The molecule has 5 nitrogen and oxygen atoms in total. The fourth-order valence-corrected chi connectivity index (χ4v) is 2.85. The maximum atomic E-state index is 12.6. The van der Waals surface area contributed by atoms with E-state index in [9.17, 15) is 9.90 Å². The van der Waals surface area contributed by atoms with Gasteiger partial charge in [0.05, 0.1) is 18.6 Å². The predicted octanol–water partition coefficient (Wildman–Crippen LogP) is 0.918. The van der Waals surface area contributed by atoms with E-state index >= 15 is 0 Å². The summed E-state index contributed by atoms with van der Waals surface area (Å²) in [4.78, 5) is 12.6. The van der Waals surface area contributed by atoms with Gasteiger partial charge < -0.3 is 20.5 Å². The molecular weight excluding hydrogens is 256 g/mol. The first-order chi connectivity index (χ1) is 9.58. The second-order valence-electron chi connectivity index (χ2n) is 6.01. The van der Waals surface area contributed by atoms with Crippen molar-refractivity contribution in [3.8, 4) is 0 Å². The number of aliphatic hydroxyl groups is 1. The molecule has 0 bridgehead atoms. The number of amides is 1. The number of hydrogen-bond donors (Lipinski definition) is 3. The van der Waals surface area contributed by atoms with Gasteiger partial charge in [-0.2, -0.15) is 0 Å². The van der Waals surface area contributed by atoms with Crippen molar-refractivity contribution >= 4 is 5.91 Å². The molecule has 0 radical (unpaired) electrons. The molecule has 1 fully saturated rings. The Morgan fingerprint density at radius 2 is 1.95 bits per heavy atom. The topological polar surface area (TPSA) is 70.6 Å². The molecule has 0 unspecified atom stereocenters. The molecule has 3 N–H and O–H groups in total. The zero-order chi connectivity index (χ0) is 15.1. The van der Waals surface area contributed by atoms with Crippen LogP contribution in [-0.4, -0.2) is 51.0 Å². The molecule has 1 amide bonds. The molecule has 118 valence electrons. The van der Waals surface area contributed by atoms with Gasteiger partial charge in [0, 0.05) is 19.1 Å². The number of hydrogen-bond acceptors (Lipinski definition) is 4. The van der Waals surface area contributed by atoms with Crippen LogP contribution < -0.4 is 10.6 Å². The molecule has 0 aromatic rings. The van der Waals surface area contributed by atoms with Crippen molar-refractivity contribution in [3.05, 3.63) is 0 Å². The van der Waals surface area contributed by atoms with Crippen LogP contribution in [0.15, 0.2) is 0 Å². The summed E-state index contributed by atoms with van der Waals surface area (Å²) in [6.07, 6.45) is 3.33. The summed E-state index contributed by atoms with van der Waals surface area (Å²) in [5, 5.41) is 15.9. The first kappa shape index (κ1) is 17.4. The second-order valence-corrected chi connectivity index (χ2v) is 6.01. The van der Waals surface area contributed by atoms with Gasteiger partial charge in [0.15, 0.2) is 0 Å². The number of methoxy groups -OCH3 is 1. The van der Waals surface area contributed by atoms with E-state index in [1.54, 1.807) is 7.11 Å². The quantitative estimate of drug-likeness (QED) is 0.620. The molecule has 1 rings (SSSR count). The van der Waals surface area contributed by atoms with E-state index in [2.05, 4.69) is 24.5 Å². The average molecular weight is 286 g/mol. The standard InChI is InChI=1S/C15H30N2O3/c1-4-14(5-2,11-18)10-17-13(19)15(12-20-3)6-8-16-9-7-15/h16,18H,4-12H2,1-3H3,(H,17,19). The highest BCUT2D eigenvalue weighted by Crippen LogP contribution is 2.30. The molecule has 5 heteroatoms. The van der Waals surface area contributed by atoms with Gasteiger partial charge in [0.25, 0.3) is 0 Å². The van der Waals surface area contributed by atoms with Crippen molar-refractivity contribution in [2.45, 2.75) is 39.5 Å². The highest BCUT2D eigenvalue weighted by atomic mass is 16.5. The van der Waals surface area contributed by atoms with E-state index in [0.29, 0.717) is 13.2 Å². The summed E-state index contributed by atoms with van der Waals surface area (Å²) in [6, 6.07) is 0. The monoisotopic (exact) mass is 286 g/mol. The number of nitrogens with one attached hydrogen (secondary N) is 2. The van der Waals surface area contributed by atoms with E-state index in [1.165, 1.54) is 0 Å². The minimum atomic E-state index is -0.414. The number of aliphatic hydroxyl groups excluding tert-OH is 1. The fourth-order valence-electron chi connectivity index (χ4n) is 2.85. The van der Waals surface area contributed by atoms with E-state index in [-0.39, 0.29) is 17.9 Å². The number of rotatable bonds is 8. The Labute approximate surface area is 122 Å². The number of carbonyl (C=O) groups is 1. The van der Waals surface area contributed by atoms with E-state index in [0.717, 1.165) is 38.8 Å². The summed E-state index contributed by atoms with van der Waals surface area (Å²) in [7, 11) is 1.65. The lowest BCUT2D eigenvalue weighted by Gasteiger charge is -2.37. The maximum Gasteiger partial charge on any atom is 0.228 e. The Balaban J connectivity index is 2.67. The number of carbonyl (C=O) groups excluding carboxylic acids is 1. The van der Waals surface area contributed by atoms with Crippen LogP contribution in [0.3, 0.4) is 0 Å². The lowest BCUT2D eigenvalue weighted by Crippen LogP contribution is -2.52. The van der Waals surface area contributed by atoms with Crippen molar-refractivity contribution in [2.75, 3.05) is 40.0 Å². The Morgan fingerprint density at radius 1 is 1.35 bits per heavy atom. The van der Waals surface area contributed by atoms with Crippen molar-refractivity contribution in [2.24, 2.45) is 10.8 Å². The lowest BCUT2D eigenvalue weighted by molar-refractivity contribution is -0.137. The van der Waals surface area contributed by atoms with Crippen LogP contribution in [0.25, 0.3) is 0 Å². The van der Waals surface area contributed by atoms with Gasteiger partial charge >= 0.3 is 0 Å². The zero-order valence-electron chi connectivity index (χ0n) is 13.1. The third-order valence-electron chi connectivity index (χ3n) is 4.92. The first-order valence-corrected chi connectivity index (χ1v) is 7.67. The minimum Gasteiger partial charge on any atom is -0.396 e. The molecule has 1 aliphatic rings. The summed E-state index contributed by atoms with van der Waals surface area (Å²) in [6.45, 7) is 6.92. The number of piperidine rings is 1. The molecule has 0 aromatic carbocycles. The molecule has 0 spiro atoms. The van der Waals surface area contributed by atoms with Crippen molar-refractivity contribution in [1.82, 2.24) is 10.6 Å². The third-order valence-corrected chi connectivity index (χ3v) is 4.92. The highest BCUT2D eigenvalue weighted by molar-refractivity contribution is 5.83. The predicted molar refractivity (Wildman–Crippen MR) is 79.5 cm³/mol. The molecule has 0 saturated carbocycles. The van der Waals surface area contributed by atoms with Crippen LogP contribution in [0.2, 0.25) is 0 Å². The summed E-state index contributed by atoms with van der Waals surface area (Å²) >= 11 is 0. The molecule has 1 heterocycles. The molecule has 20 heavy (non-hydrogen) atoms. The van der Waals surface area contributed by atoms with Crippen molar-refractivity contribution in [3.63, 3.8) is 0 Å². The zero-order valence-corrected chi connectivity index (χ0v) is 13.1. The van der Waals surface area contributed by atoms with Crippen LogP contribution in [-0.2, 0) is 9.53 Å². The lowest BCUT2D eigenvalue weighted by atomic mass is 9.77. The Morgan fingerprint density at radius 3 is 2.40 bits per heavy atom. The smallest absolute Gasteiger partial charge is 0.228 e.